The summed E-state index contributed by atoms with van der Waals surface area (Å²) in [6.45, 7) is 3.78. The van der Waals surface area contributed by atoms with E-state index in [9.17, 15) is 9.59 Å². The molecule has 1 heterocycles. The molecule has 2 fully saturated rings. The zero-order valence-electron chi connectivity index (χ0n) is 7.95. The molecule has 0 spiro atoms. The number of fused-ring (bicyclic) bond motifs is 1. The first-order valence-electron chi connectivity index (χ1n) is 4.77. The third-order valence-electron chi connectivity index (χ3n) is 3.54. The molecule has 2 aliphatic rings. The fourth-order valence-corrected chi connectivity index (χ4v) is 2.71. The molecule has 0 aromatic rings. The van der Waals surface area contributed by atoms with Crippen LogP contribution in [0.1, 0.15) is 26.7 Å². The van der Waals surface area contributed by atoms with E-state index in [1.165, 1.54) is 0 Å². The van der Waals surface area contributed by atoms with Crippen LogP contribution in [-0.2, 0) is 14.3 Å². The van der Waals surface area contributed by atoms with Crippen molar-refractivity contribution in [1.82, 2.24) is 0 Å². The third kappa shape index (κ3) is 1.02. The van der Waals surface area contributed by atoms with Gasteiger partial charge in [0.2, 0.25) is 0 Å². The maximum Gasteiger partial charge on any atom is 0.310 e. The Morgan fingerprint density at radius 2 is 2.23 bits per heavy atom. The Labute approximate surface area is 77.4 Å². The number of hydrogen-bond donors (Lipinski definition) is 0. The number of cyclic esters (lactones) is 1. The van der Waals surface area contributed by atoms with Crippen LogP contribution >= 0.6 is 0 Å². The van der Waals surface area contributed by atoms with E-state index < -0.39 is 5.60 Å². The molecule has 0 bridgehead atoms. The Kier molecular flexibility index (Phi) is 1.72. The molecule has 0 N–H and O–H groups in total. The average molecular weight is 182 g/mol. The van der Waals surface area contributed by atoms with Crippen molar-refractivity contribution in [3.8, 4) is 0 Å². The number of esters is 1. The molecule has 0 aromatic carbocycles. The lowest BCUT2D eigenvalue weighted by atomic mass is 9.83. The standard InChI is InChI=1S/C10H14O3/c1-6-3-4-7-8(6)9(12)13-10(7,2)5-11/h5-8H,3-4H2,1-2H3/t6-,7-,8+,10-/m0/s1. The van der Waals surface area contributed by atoms with Crippen LogP contribution in [-0.4, -0.2) is 17.9 Å². The molecular formula is C10H14O3. The summed E-state index contributed by atoms with van der Waals surface area (Å²) < 4.78 is 5.13. The highest BCUT2D eigenvalue weighted by Crippen LogP contribution is 2.49. The normalized spacial score (nSPS) is 48.8. The van der Waals surface area contributed by atoms with Gasteiger partial charge in [0.05, 0.1) is 5.92 Å². The van der Waals surface area contributed by atoms with Crippen LogP contribution in [0.15, 0.2) is 0 Å². The lowest BCUT2D eigenvalue weighted by molar-refractivity contribution is -0.154. The highest BCUT2D eigenvalue weighted by molar-refractivity contribution is 5.82. The van der Waals surface area contributed by atoms with Crippen molar-refractivity contribution in [2.45, 2.75) is 32.3 Å². The van der Waals surface area contributed by atoms with Crippen LogP contribution in [0, 0.1) is 17.8 Å². The van der Waals surface area contributed by atoms with Crippen molar-refractivity contribution in [2.24, 2.45) is 17.8 Å². The van der Waals surface area contributed by atoms with E-state index in [4.69, 9.17) is 4.74 Å². The van der Waals surface area contributed by atoms with E-state index in [1.54, 1.807) is 6.92 Å². The first-order valence-corrected chi connectivity index (χ1v) is 4.77. The minimum Gasteiger partial charge on any atom is -0.451 e. The van der Waals surface area contributed by atoms with Crippen molar-refractivity contribution in [2.75, 3.05) is 0 Å². The van der Waals surface area contributed by atoms with Crippen LogP contribution in [0.3, 0.4) is 0 Å². The van der Waals surface area contributed by atoms with E-state index >= 15 is 0 Å². The van der Waals surface area contributed by atoms with E-state index in [-0.39, 0.29) is 17.8 Å². The second-order valence-corrected chi connectivity index (χ2v) is 4.41. The second kappa shape index (κ2) is 2.56. The first-order chi connectivity index (χ1) is 6.08. The topological polar surface area (TPSA) is 43.4 Å². The van der Waals surface area contributed by atoms with Crippen LogP contribution in [0.4, 0.5) is 0 Å². The van der Waals surface area contributed by atoms with Gasteiger partial charge in [-0.3, -0.25) is 9.59 Å². The summed E-state index contributed by atoms with van der Waals surface area (Å²) in [5, 5.41) is 0. The Balaban J connectivity index is 2.32. The summed E-state index contributed by atoms with van der Waals surface area (Å²) in [5.41, 5.74) is -0.841. The third-order valence-corrected chi connectivity index (χ3v) is 3.54. The molecule has 0 unspecified atom stereocenters. The lowest BCUT2D eigenvalue weighted by Gasteiger charge is -2.21. The number of rotatable bonds is 1. The first kappa shape index (κ1) is 8.73. The molecule has 1 aliphatic carbocycles. The molecule has 3 heteroatoms. The largest absolute Gasteiger partial charge is 0.451 e. The van der Waals surface area contributed by atoms with Gasteiger partial charge in [0.1, 0.15) is 0 Å². The summed E-state index contributed by atoms with van der Waals surface area (Å²) >= 11 is 0. The Bertz CT molecular complexity index is 261. The van der Waals surface area contributed by atoms with Crippen LogP contribution in [0.2, 0.25) is 0 Å². The van der Waals surface area contributed by atoms with Gasteiger partial charge in [-0.05, 0) is 25.7 Å². The fraction of sp³-hybridized carbons (Fsp3) is 0.800. The highest BCUT2D eigenvalue weighted by Gasteiger charge is 2.57. The van der Waals surface area contributed by atoms with E-state index in [2.05, 4.69) is 6.92 Å². The molecule has 0 amide bonds. The van der Waals surface area contributed by atoms with Crippen LogP contribution in [0.5, 0.6) is 0 Å². The average Bonchev–Trinajstić information content (AvgIpc) is 2.57. The van der Waals surface area contributed by atoms with Gasteiger partial charge in [0.25, 0.3) is 0 Å². The Morgan fingerprint density at radius 1 is 1.54 bits per heavy atom. The highest BCUT2D eigenvalue weighted by atomic mass is 16.6. The molecule has 0 aromatic heterocycles. The van der Waals surface area contributed by atoms with Gasteiger partial charge < -0.3 is 4.74 Å². The molecule has 1 saturated carbocycles. The Morgan fingerprint density at radius 3 is 2.85 bits per heavy atom. The molecular weight excluding hydrogens is 168 g/mol. The molecule has 3 nitrogen and oxygen atoms in total. The van der Waals surface area contributed by atoms with Crippen molar-refractivity contribution < 1.29 is 14.3 Å². The summed E-state index contributed by atoms with van der Waals surface area (Å²) in [6.07, 6.45) is 2.76. The zero-order chi connectivity index (χ0) is 9.64. The minimum atomic E-state index is -0.841. The lowest BCUT2D eigenvalue weighted by Crippen LogP contribution is -2.33. The predicted molar refractivity (Wildman–Crippen MR) is 45.9 cm³/mol. The molecule has 2 rings (SSSR count). The molecule has 1 aliphatic heterocycles. The SMILES string of the molecule is C[C@H]1CC[C@H]2[C@@H]1C(=O)O[C@@]2(C)C=O. The maximum absolute atomic E-state index is 11.5. The summed E-state index contributed by atoms with van der Waals surface area (Å²) in [4.78, 5) is 22.3. The van der Waals surface area contributed by atoms with Crippen molar-refractivity contribution in [1.29, 1.82) is 0 Å². The second-order valence-electron chi connectivity index (χ2n) is 4.41. The van der Waals surface area contributed by atoms with E-state index in [0.29, 0.717) is 5.92 Å². The zero-order valence-corrected chi connectivity index (χ0v) is 7.95. The summed E-state index contributed by atoms with van der Waals surface area (Å²) in [5.74, 6) is 0.284. The number of hydrogen-bond acceptors (Lipinski definition) is 3. The van der Waals surface area contributed by atoms with E-state index in [1.807, 2.05) is 0 Å². The van der Waals surface area contributed by atoms with Crippen LogP contribution < -0.4 is 0 Å². The summed E-state index contributed by atoms with van der Waals surface area (Å²) in [6, 6.07) is 0. The predicted octanol–water partition coefficient (Wildman–Crippen LogP) is 1.16. The molecule has 4 atom stereocenters. The van der Waals surface area contributed by atoms with Gasteiger partial charge in [-0.25, -0.2) is 0 Å². The molecule has 1 saturated heterocycles. The van der Waals surface area contributed by atoms with Crippen molar-refractivity contribution in [3.63, 3.8) is 0 Å². The summed E-state index contributed by atoms with van der Waals surface area (Å²) in [7, 11) is 0. The monoisotopic (exact) mass is 182 g/mol. The van der Waals surface area contributed by atoms with Crippen LogP contribution in [0.25, 0.3) is 0 Å². The number of ether oxygens (including phenoxy) is 1. The molecule has 72 valence electrons. The van der Waals surface area contributed by atoms with Crippen molar-refractivity contribution >= 4 is 12.3 Å². The maximum atomic E-state index is 11.5. The van der Waals surface area contributed by atoms with Gasteiger partial charge in [0.15, 0.2) is 11.9 Å². The smallest absolute Gasteiger partial charge is 0.310 e. The van der Waals surface area contributed by atoms with E-state index in [0.717, 1.165) is 19.1 Å². The molecule has 13 heavy (non-hydrogen) atoms. The minimum absolute atomic E-state index is 0.0322. The number of carbonyl (C=O) groups excluding carboxylic acids is 2. The van der Waals surface area contributed by atoms with Gasteiger partial charge in [-0.2, -0.15) is 0 Å². The fourth-order valence-electron chi connectivity index (χ4n) is 2.71. The van der Waals surface area contributed by atoms with Gasteiger partial charge in [0, 0.05) is 5.92 Å². The van der Waals surface area contributed by atoms with Gasteiger partial charge in [-0.15, -0.1) is 0 Å². The quantitative estimate of drug-likeness (QED) is 0.451. The Hall–Kier alpha value is -0.860. The van der Waals surface area contributed by atoms with Crippen molar-refractivity contribution in [3.05, 3.63) is 0 Å². The van der Waals surface area contributed by atoms with Gasteiger partial charge >= 0.3 is 5.97 Å². The van der Waals surface area contributed by atoms with Gasteiger partial charge in [-0.1, -0.05) is 6.92 Å². The number of aldehydes is 1. The number of carbonyl (C=O) groups is 2. The molecule has 0 radical (unpaired) electrons.